The van der Waals surface area contributed by atoms with Gasteiger partial charge in [-0.1, -0.05) is 48.6 Å². The van der Waals surface area contributed by atoms with Crippen LogP contribution in [0.25, 0.3) is 6.08 Å². The maximum Gasteiger partial charge on any atom is 0.407 e. The van der Waals surface area contributed by atoms with Crippen molar-refractivity contribution in [1.29, 1.82) is 0 Å². The van der Waals surface area contributed by atoms with E-state index in [2.05, 4.69) is 5.32 Å². The molecule has 0 bridgehead atoms. The molecule has 0 unspecified atom stereocenters. The largest absolute Gasteiger partial charge is 0.445 e. The van der Waals surface area contributed by atoms with Crippen LogP contribution in [0.3, 0.4) is 0 Å². The SMILES string of the molecule is Cc1cc(F)cc(C=CCCNC(=O)OCc2ccccc2)c1. The van der Waals surface area contributed by atoms with Crippen LogP contribution in [-0.4, -0.2) is 12.6 Å². The number of halogens is 1. The molecule has 3 nitrogen and oxygen atoms in total. The molecule has 1 amide bonds. The van der Waals surface area contributed by atoms with Crippen LogP contribution in [0.2, 0.25) is 0 Å². The van der Waals surface area contributed by atoms with Crippen molar-refractivity contribution in [3.8, 4) is 0 Å². The summed E-state index contributed by atoms with van der Waals surface area (Å²) in [6, 6.07) is 14.4. The highest BCUT2D eigenvalue weighted by Gasteiger charge is 2.00. The minimum Gasteiger partial charge on any atom is -0.445 e. The zero-order valence-electron chi connectivity index (χ0n) is 13.1. The van der Waals surface area contributed by atoms with Crippen molar-refractivity contribution >= 4 is 12.2 Å². The lowest BCUT2D eigenvalue weighted by Crippen LogP contribution is -2.24. The molecule has 0 fully saturated rings. The predicted octanol–water partition coefficient (Wildman–Crippen LogP) is 4.46. The van der Waals surface area contributed by atoms with Crippen LogP contribution in [0, 0.1) is 12.7 Å². The van der Waals surface area contributed by atoms with Crippen LogP contribution in [-0.2, 0) is 11.3 Å². The summed E-state index contributed by atoms with van der Waals surface area (Å²) in [7, 11) is 0. The number of aryl methyl sites for hydroxylation is 1. The molecule has 0 aliphatic rings. The highest BCUT2D eigenvalue weighted by atomic mass is 19.1. The molecule has 0 saturated heterocycles. The summed E-state index contributed by atoms with van der Waals surface area (Å²) in [6.45, 7) is 2.58. The van der Waals surface area contributed by atoms with Crippen molar-refractivity contribution in [3.05, 3.63) is 77.1 Å². The molecule has 0 aromatic heterocycles. The smallest absolute Gasteiger partial charge is 0.407 e. The van der Waals surface area contributed by atoms with Crippen LogP contribution in [0.1, 0.15) is 23.1 Å². The molecule has 0 aliphatic carbocycles. The van der Waals surface area contributed by atoms with E-state index in [0.717, 1.165) is 16.7 Å². The molecule has 0 atom stereocenters. The molecule has 23 heavy (non-hydrogen) atoms. The Morgan fingerprint density at radius 3 is 2.74 bits per heavy atom. The third kappa shape index (κ3) is 6.34. The summed E-state index contributed by atoms with van der Waals surface area (Å²) in [5.74, 6) is -0.243. The van der Waals surface area contributed by atoms with Crippen molar-refractivity contribution in [2.45, 2.75) is 20.0 Å². The molecular weight excluding hydrogens is 293 g/mol. The first-order valence-corrected chi connectivity index (χ1v) is 7.52. The number of ether oxygens (including phenoxy) is 1. The van der Waals surface area contributed by atoms with E-state index in [0.29, 0.717) is 13.0 Å². The van der Waals surface area contributed by atoms with E-state index in [9.17, 15) is 9.18 Å². The van der Waals surface area contributed by atoms with Gasteiger partial charge in [0.2, 0.25) is 0 Å². The second-order valence-corrected chi connectivity index (χ2v) is 5.24. The Morgan fingerprint density at radius 1 is 1.22 bits per heavy atom. The molecule has 4 heteroatoms. The first-order valence-electron chi connectivity index (χ1n) is 7.52. The molecule has 2 aromatic rings. The highest BCUT2D eigenvalue weighted by Crippen LogP contribution is 2.10. The molecular formula is C19H20FNO2. The molecule has 1 N–H and O–H groups in total. The van der Waals surface area contributed by atoms with E-state index >= 15 is 0 Å². The van der Waals surface area contributed by atoms with Crippen molar-refractivity contribution in [1.82, 2.24) is 5.32 Å². The molecule has 2 aromatic carbocycles. The van der Waals surface area contributed by atoms with Gasteiger partial charge in [-0.15, -0.1) is 0 Å². The van der Waals surface area contributed by atoms with Crippen molar-refractivity contribution in [3.63, 3.8) is 0 Å². The minimum atomic E-state index is -0.441. The van der Waals surface area contributed by atoms with Crippen molar-refractivity contribution in [2.75, 3.05) is 6.54 Å². The zero-order chi connectivity index (χ0) is 16.5. The molecule has 0 radical (unpaired) electrons. The molecule has 0 aliphatic heterocycles. The summed E-state index contributed by atoms with van der Waals surface area (Å²) in [4.78, 5) is 11.5. The quantitative estimate of drug-likeness (QED) is 0.799. The third-order valence-electron chi connectivity index (χ3n) is 3.17. The Balaban J connectivity index is 1.66. The lowest BCUT2D eigenvalue weighted by molar-refractivity contribution is 0.140. The first kappa shape index (κ1) is 16.7. The van der Waals surface area contributed by atoms with Crippen LogP contribution in [0.15, 0.2) is 54.6 Å². The van der Waals surface area contributed by atoms with Gasteiger partial charge in [-0.2, -0.15) is 0 Å². The zero-order valence-corrected chi connectivity index (χ0v) is 13.1. The second-order valence-electron chi connectivity index (χ2n) is 5.24. The summed E-state index contributed by atoms with van der Waals surface area (Å²) < 4.78 is 18.3. The Labute approximate surface area is 135 Å². The fourth-order valence-electron chi connectivity index (χ4n) is 2.11. The standard InChI is InChI=1S/C19H20FNO2/c1-15-11-17(13-18(20)12-15)9-5-6-10-21-19(22)23-14-16-7-3-2-4-8-16/h2-5,7-9,11-13H,6,10,14H2,1H3,(H,21,22). The maximum atomic E-state index is 13.2. The fraction of sp³-hybridized carbons (Fsp3) is 0.211. The van der Waals surface area contributed by atoms with E-state index in [-0.39, 0.29) is 12.4 Å². The number of alkyl carbamates (subject to hydrolysis) is 1. The van der Waals surface area contributed by atoms with Gasteiger partial charge >= 0.3 is 6.09 Å². The monoisotopic (exact) mass is 313 g/mol. The number of carbonyl (C=O) groups is 1. The van der Waals surface area contributed by atoms with Crippen LogP contribution in [0.4, 0.5) is 9.18 Å². The molecule has 0 saturated carbocycles. The number of hydrogen-bond acceptors (Lipinski definition) is 2. The first-order chi connectivity index (χ1) is 11.1. The molecule has 0 heterocycles. The Morgan fingerprint density at radius 2 is 2.00 bits per heavy atom. The Kier molecular flexibility index (Phi) is 6.36. The Hall–Kier alpha value is -2.62. The van der Waals surface area contributed by atoms with Gasteiger partial charge < -0.3 is 10.1 Å². The lowest BCUT2D eigenvalue weighted by atomic mass is 10.1. The van der Waals surface area contributed by atoms with Crippen molar-refractivity contribution in [2.24, 2.45) is 0 Å². The lowest BCUT2D eigenvalue weighted by Gasteiger charge is -2.05. The molecule has 2 rings (SSSR count). The van der Waals surface area contributed by atoms with Gasteiger partial charge in [0.25, 0.3) is 0 Å². The van der Waals surface area contributed by atoms with E-state index in [1.54, 1.807) is 0 Å². The topological polar surface area (TPSA) is 38.3 Å². The Bertz CT molecular complexity index is 648. The number of amides is 1. The van der Waals surface area contributed by atoms with Crippen LogP contribution >= 0.6 is 0 Å². The van der Waals surface area contributed by atoms with Gasteiger partial charge in [-0.25, -0.2) is 9.18 Å². The van der Waals surface area contributed by atoms with Gasteiger partial charge in [-0.05, 0) is 42.2 Å². The molecule has 120 valence electrons. The fourth-order valence-corrected chi connectivity index (χ4v) is 2.11. The minimum absolute atomic E-state index is 0.243. The van der Waals surface area contributed by atoms with Gasteiger partial charge in [-0.3, -0.25) is 0 Å². The van der Waals surface area contributed by atoms with E-state index < -0.39 is 6.09 Å². The summed E-state index contributed by atoms with van der Waals surface area (Å²) in [6.07, 6.45) is 3.94. The highest BCUT2D eigenvalue weighted by molar-refractivity contribution is 5.67. The average Bonchev–Trinajstić information content (AvgIpc) is 2.53. The number of nitrogens with one attached hydrogen (secondary N) is 1. The summed E-state index contributed by atoms with van der Waals surface area (Å²) >= 11 is 0. The second kappa shape index (κ2) is 8.73. The number of benzene rings is 2. The number of rotatable bonds is 6. The van der Waals surface area contributed by atoms with E-state index in [1.165, 1.54) is 12.1 Å². The summed E-state index contributed by atoms with van der Waals surface area (Å²) in [5, 5.41) is 2.68. The van der Waals surface area contributed by atoms with Crippen LogP contribution in [0.5, 0.6) is 0 Å². The summed E-state index contributed by atoms with van der Waals surface area (Å²) in [5.41, 5.74) is 2.64. The van der Waals surface area contributed by atoms with Gasteiger partial charge in [0.15, 0.2) is 0 Å². The van der Waals surface area contributed by atoms with E-state index in [4.69, 9.17) is 4.74 Å². The molecule has 0 spiro atoms. The third-order valence-corrected chi connectivity index (χ3v) is 3.17. The maximum absolute atomic E-state index is 13.2. The number of carbonyl (C=O) groups excluding carboxylic acids is 1. The predicted molar refractivity (Wildman–Crippen MR) is 89.4 cm³/mol. The van der Waals surface area contributed by atoms with E-state index in [1.807, 2.05) is 55.5 Å². The average molecular weight is 313 g/mol. The van der Waals surface area contributed by atoms with Crippen molar-refractivity contribution < 1.29 is 13.9 Å². The number of hydrogen-bond donors (Lipinski definition) is 1. The van der Waals surface area contributed by atoms with Gasteiger partial charge in [0.05, 0.1) is 0 Å². The van der Waals surface area contributed by atoms with Crippen LogP contribution < -0.4 is 5.32 Å². The normalized spacial score (nSPS) is 10.7. The van der Waals surface area contributed by atoms with Gasteiger partial charge in [0.1, 0.15) is 12.4 Å². The van der Waals surface area contributed by atoms with Gasteiger partial charge in [0, 0.05) is 6.54 Å².